The maximum absolute atomic E-state index is 12.7. The van der Waals surface area contributed by atoms with Gasteiger partial charge in [-0.15, -0.1) is 11.3 Å². The first-order chi connectivity index (χ1) is 12.6. The van der Waals surface area contributed by atoms with Crippen LogP contribution >= 0.6 is 22.7 Å². The largest absolute Gasteiger partial charge is 0.354 e. The quantitative estimate of drug-likeness (QED) is 0.801. The number of fused-ring (bicyclic) bond motifs is 1. The fourth-order valence-electron chi connectivity index (χ4n) is 4.14. The zero-order valence-electron chi connectivity index (χ0n) is 15.7. The average molecular weight is 393 g/mol. The smallest absolute Gasteiger partial charge is 0.261 e. The summed E-state index contributed by atoms with van der Waals surface area (Å²) in [5.74, 6) is 0.0688. The molecule has 2 aromatic heterocycles. The van der Waals surface area contributed by atoms with Crippen LogP contribution in [0.4, 0.5) is 5.13 Å². The Morgan fingerprint density at radius 1 is 1.19 bits per heavy atom. The van der Waals surface area contributed by atoms with Crippen LogP contribution in [0.3, 0.4) is 0 Å². The van der Waals surface area contributed by atoms with Gasteiger partial charge < -0.3 is 10.2 Å². The molecule has 1 N–H and O–H groups in total. The Morgan fingerprint density at radius 2 is 1.96 bits per heavy atom. The SMILES string of the molecule is CN(C)c1nc2sc(C(=O)NC3CCN(C4CCCCCC4)C3)cc2s1. The maximum atomic E-state index is 12.7. The lowest BCUT2D eigenvalue weighted by Gasteiger charge is -2.26. The van der Waals surface area contributed by atoms with Crippen molar-refractivity contribution in [2.75, 3.05) is 32.1 Å². The summed E-state index contributed by atoms with van der Waals surface area (Å²) >= 11 is 3.15. The number of aromatic nitrogens is 1. The van der Waals surface area contributed by atoms with Crippen molar-refractivity contribution in [2.24, 2.45) is 0 Å². The highest BCUT2D eigenvalue weighted by Crippen LogP contribution is 2.34. The van der Waals surface area contributed by atoms with Crippen molar-refractivity contribution < 1.29 is 4.79 Å². The van der Waals surface area contributed by atoms with Gasteiger partial charge in [0, 0.05) is 39.3 Å². The number of anilines is 1. The summed E-state index contributed by atoms with van der Waals surface area (Å²) in [5, 5.41) is 4.26. The fourth-order valence-corrected chi connectivity index (χ4v) is 6.18. The highest BCUT2D eigenvalue weighted by atomic mass is 32.1. The van der Waals surface area contributed by atoms with Gasteiger partial charge in [-0.25, -0.2) is 4.98 Å². The van der Waals surface area contributed by atoms with Gasteiger partial charge in [0.1, 0.15) is 4.83 Å². The van der Waals surface area contributed by atoms with Crippen LogP contribution in [0.1, 0.15) is 54.6 Å². The highest BCUT2D eigenvalue weighted by molar-refractivity contribution is 7.29. The first kappa shape index (κ1) is 18.2. The molecule has 0 spiro atoms. The molecule has 5 nitrogen and oxygen atoms in total. The Hall–Kier alpha value is -1.18. The molecule has 4 rings (SSSR count). The number of nitrogens with zero attached hydrogens (tertiary/aromatic N) is 3. The van der Waals surface area contributed by atoms with Gasteiger partial charge in [0.15, 0.2) is 5.13 Å². The van der Waals surface area contributed by atoms with E-state index in [9.17, 15) is 4.79 Å². The zero-order valence-corrected chi connectivity index (χ0v) is 17.3. The summed E-state index contributed by atoms with van der Waals surface area (Å²) < 4.78 is 1.11. The number of rotatable bonds is 4. The third kappa shape index (κ3) is 3.89. The maximum Gasteiger partial charge on any atom is 0.261 e. The van der Waals surface area contributed by atoms with E-state index in [0.29, 0.717) is 0 Å². The number of hydrogen-bond acceptors (Lipinski definition) is 6. The third-order valence-corrected chi connectivity index (χ3v) is 7.91. The van der Waals surface area contributed by atoms with Crippen molar-refractivity contribution >= 4 is 43.2 Å². The van der Waals surface area contributed by atoms with E-state index >= 15 is 0 Å². The van der Waals surface area contributed by atoms with Crippen LogP contribution in [0.5, 0.6) is 0 Å². The van der Waals surface area contributed by atoms with Gasteiger partial charge in [0.2, 0.25) is 0 Å². The standard InChI is InChI=1S/C19H28N4OS2/c1-22(2)19-21-18-16(26-19)11-15(25-18)17(24)20-13-9-10-23(12-13)14-7-5-3-4-6-8-14/h11,13-14H,3-10,12H2,1-2H3,(H,20,24). The molecule has 0 radical (unpaired) electrons. The molecular formula is C19H28N4OS2. The van der Waals surface area contributed by atoms with Crippen LogP contribution in [0, 0.1) is 0 Å². The first-order valence-electron chi connectivity index (χ1n) is 9.73. The topological polar surface area (TPSA) is 48.5 Å². The molecule has 2 fully saturated rings. The lowest BCUT2D eigenvalue weighted by molar-refractivity contribution is 0.0940. The molecule has 2 aliphatic rings. The lowest BCUT2D eigenvalue weighted by Crippen LogP contribution is -2.39. The van der Waals surface area contributed by atoms with Crippen LogP contribution in [0.2, 0.25) is 0 Å². The summed E-state index contributed by atoms with van der Waals surface area (Å²) in [6.45, 7) is 2.14. The predicted octanol–water partition coefficient (Wildman–Crippen LogP) is 3.95. The van der Waals surface area contributed by atoms with Crippen molar-refractivity contribution in [1.82, 2.24) is 15.2 Å². The van der Waals surface area contributed by atoms with E-state index < -0.39 is 0 Å². The van der Waals surface area contributed by atoms with E-state index in [1.165, 1.54) is 49.9 Å². The number of nitrogens with one attached hydrogen (secondary N) is 1. The summed E-state index contributed by atoms with van der Waals surface area (Å²) in [6, 6.07) is 3.02. The number of amides is 1. The normalized spacial score (nSPS) is 22.6. The average Bonchev–Trinajstić information content (AvgIpc) is 3.25. The lowest BCUT2D eigenvalue weighted by atomic mass is 10.1. The van der Waals surface area contributed by atoms with Crippen LogP contribution in [-0.4, -0.2) is 55.1 Å². The van der Waals surface area contributed by atoms with E-state index in [2.05, 4.69) is 15.2 Å². The van der Waals surface area contributed by atoms with Crippen molar-refractivity contribution in [3.63, 3.8) is 0 Å². The van der Waals surface area contributed by atoms with Crippen LogP contribution in [-0.2, 0) is 0 Å². The van der Waals surface area contributed by atoms with Gasteiger partial charge >= 0.3 is 0 Å². The van der Waals surface area contributed by atoms with E-state index in [0.717, 1.165) is 45.1 Å². The number of likely N-dealkylation sites (tertiary alicyclic amines) is 1. The predicted molar refractivity (Wildman–Crippen MR) is 111 cm³/mol. The molecule has 1 atom stereocenters. The number of thiazole rings is 1. The van der Waals surface area contributed by atoms with E-state index in [4.69, 9.17) is 0 Å². The Morgan fingerprint density at radius 3 is 2.65 bits per heavy atom. The van der Waals surface area contributed by atoms with Crippen molar-refractivity contribution in [2.45, 2.75) is 57.0 Å². The molecule has 0 bridgehead atoms. The molecule has 1 aliphatic carbocycles. The second-order valence-electron chi connectivity index (χ2n) is 7.77. The minimum Gasteiger partial charge on any atom is -0.354 e. The van der Waals surface area contributed by atoms with Gasteiger partial charge in [-0.3, -0.25) is 9.69 Å². The minimum atomic E-state index is 0.0688. The molecule has 0 aromatic carbocycles. The third-order valence-electron chi connectivity index (χ3n) is 5.58. The number of carbonyl (C=O) groups excluding carboxylic acids is 1. The Labute approximate surface area is 163 Å². The van der Waals surface area contributed by atoms with Gasteiger partial charge in [-0.1, -0.05) is 37.0 Å². The minimum absolute atomic E-state index is 0.0688. The first-order valence-corrected chi connectivity index (χ1v) is 11.4. The van der Waals surface area contributed by atoms with Gasteiger partial charge in [0.05, 0.1) is 9.58 Å². The second-order valence-corrected chi connectivity index (χ2v) is 9.81. The highest BCUT2D eigenvalue weighted by Gasteiger charge is 2.30. The van der Waals surface area contributed by atoms with E-state index in [-0.39, 0.29) is 11.9 Å². The summed E-state index contributed by atoms with van der Waals surface area (Å²) in [6.07, 6.45) is 9.26. The summed E-state index contributed by atoms with van der Waals surface area (Å²) in [7, 11) is 3.99. The second kappa shape index (κ2) is 7.82. The molecular weight excluding hydrogens is 364 g/mol. The molecule has 26 heavy (non-hydrogen) atoms. The van der Waals surface area contributed by atoms with Crippen molar-refractivity contribution in [3.05, 3.63) is 10.9 Å². The van der Waals surface area contributed by atoms with Crippen molar-refractivity contribution in [1.29, 1.82) is 0 Å². The van der Waals surface area contributed by atoms with Gasteiger partial charge in [-0.05, 0) is 25.3 Å². The summed E-state index contributed by atoms with van der Waals surface area (Å²) in [4.78, 5) is 23.7. The molecule has 1 aliphatic heterocycles. The number of thiophene rings is 1. The Kier molecular flexibility index (Phi) is 5.47. The summed E-state index contributed by atoms with van der Waals surface area (Å²) in [5.41, 5.74) is 0. The Balaban J connectivity index is 1.35. The molecule has 1 saturated heterocycles. The van der Waals surface area contributed by atoms with E-state index in [1.807, 2.05) is 25.1 Å². The van der Waals surface area contributed by atoms with Crippen LogP contribution in [0.15, 0.2) is 6.07 Å². The number of carbonyl (C=O) groups is 1. The fraction of sp³-hybridized carbons (Fsp3) is 0.684. The molecule has 7 heteroatoms. The molecule has 1 unspecified atom stereocenters. The van der Waals surface area contributed by atoms with Crippen LogP contribution < -0.4 is 10.2 Å². The van der Waals surface area contributed by atoms with Crippen molar-refractivity contribution in [3.8, 4) is 0 Å². The van der Waals surface area contributed by atoms with Gasteiger partial charge in [0.25, 0.3) is 5.91 Å². The Bertz CT molecular complexity index is 729. The van der Waals surface area contributed by atoms with Crippen LogP contribution in [0.25, 0.3) is 9.53 Å². The molecule has 2 aromatic rings. The monoisotopic (exact) mass is 392 g/mol. The molecule has 1 saturated carbocycles. The zero-order chi connectivity index (χ0) is 18.1. The van der Waals surface area contributed by atoms with E-state index in [1.54, 1.807) is 11.3 Å². The molecule has 142 valence electrons. The molecule has 1 amide bonds. The molecule has 3 heterocycles. The van der Waals surface area contributed by atoms with Gasteiger partial charge in [-0.2, -0.15) is 0 Å². The number of hydrogen-bond donors (Lipinski definition) is 1.